The minimum Gasteiger partial charge on any atom is -0.375 e. The van der Waals surface area contributed by atoms with E-state index in [1.54, 1.807) is 29.8 Å². The highest BCUT2D eigenvalue weighted by Gasteiger charge is 2.18. The number of benzene rings is 2. The molecule has 0 saturated carbocycles. The van der Waals surface area contributed by atoms with Gasteiger partial charge in [-0.2, -0.15) is 5.10 Å². The van der Waals surface area contributed by atoms with Crippen LogP contribution in [0, 0.1) is 0 Å². The van der Waals surface area contributed by atoms with Crippen molar-refractivity contribution < 1.29 is 4.74 Å². The minimum absolute atomic E-state index is 0.119. The van der Waals surface area contributed by atoms with E-state index in [0.717, 1.165) is 38.9 Å². The summed E-state index contributed by atoms with van der Waals surface area (Å²) in [5.74, 6) is 0. The van der Waals surface area contributed by atoms with Crippen molar-refractivity contribution in [1.82, 2.24) is 19.3 Å². The molecule has 33 heavy (non-hydrogen) atoms. The molecule has 3 aromatic heterocycles. The maximum atomic E-state index is 13.3. The number of ether oxygens (including phenoxy) is 1. The zero-order valence-electron chi connectivity index (χ0n) is 18.4. The monoisotopic (exact) mass is 480 g/mol. The first-order chi connectivity index (χ1) is 15.9. The number of nitrogens with one attached hydrogen (secondary N) is 1. The van der Waals surface area contributed by atoms with Crippen LogP contribution in [-0.2, 0) is 25.4 Å². The fraction of sp³-hybridized carbons (Fsp3) is 0.200. The maximum absolute atomic E-state index is 13.3. The van der Waals surface area contributed by atoms with Crippen LogP contribution in [0.5, 0.6) is 0 Å². The van der Waals surface area contributed by atoms with Gasteiger partial charge in [0.25, 0.3) is 5.56 Å². The number of fused-ring (bicyclic) bond motifs is 3. The molecule has 5 aromatic rings. The van der Waals surface area contributed by atoms with Gasteiger partial charge in [-0.15, -0.1) is 0 Å². The molecule has 0 aliphatic rings. The standard InChI is InChI=1S/C25H22Cl2N4O2/c1-4-33-13-16-11-22(29-28-16)14-5-8-23-18(9-14)19-12-20(17-7-6-15(26)10-21(17)27)25(32)31(3)24(19)30(23)2/h5-12H,4,13H2,1-3H3,(H,28,29). The molecule has 0 aliphatic heterocycles. The van der Waals surface area contributed by atoms with Crippen molar-refractivity contribution in [3.05, 3.63) is 74.6 Å². The summed E-state index contributed by atoms with van der Waals surface area (Å²) in [7, 11) is 3.75. The molecule has 0 radical (unpaired) electrons. The van der Waals surface area contributed by atoms with E-state index in [1.807, 2.05) is 36.7 Å². The van der Waals surface area contributed by atoms with Crippen LogP contribution >= 0.6 is 23.2 Å². The number of aromatic amines is 1. The Morgan fingerprint density at radius 1 is 0.970 bits per heavy atom. The molecule has 0 unspecified atom stereocenters. The summed E-state index contributed by atoms with van der Waals surface area (Å²) in [5.41, 5.74) is 5.70. The number of H-pyrrole nitrogens is 1. The third-order valence-electron chi connectivity index (χ3n) is 5.97. The number of aryl methyl sites for hydroxylation is 2. The van der Waals surface area contributed by atoms with Gasteiger partial charge in [-0.1, -0.05) is 35.3 Å². The van der Waals surface area contributed by atoms with Gasteiger partial charge in [0.05, 0.1) is 28.5 Å². The summed E-state index contributed by atoms with van der Waals surface area (Å²) in [4.78, 5) is 13.3. The molecule has 8 heteroatoms. The van der Waals surface area contributed by atoms with Gasteiger partial charge in [0, 0.05) is 53.2 Å². The molecule has 0 atom stereocenters. The molecule has 0 fully saturated rings. The van der Waals surface area contributed by atoms with Gasteiger partial charge >= 0.3 is 0 Å². The van der Waals surface area contributed by atoms with Gasteiger partial charge in [0.15, 0.2) is 0 Å². The van der Waals surface area contributed by atoms with Gasteiger partial charge in [0.1, 0.15) is 5.65 Å². The van der Waals surface area contributed by atoms with Crippen LogP contribution in [0.25, 0.3) is 44.3 Å². The average Bonchev–Trinajstić information content (AvgIpc) is 3.38. The zero-order chi connectivity index (χ0) is 23.3. The molecular weight excluding hydrogens is 459 g/mol. The largest absolute Gasteiger partial charge is 0.375 e. The Hall–Kier alpha value is -3.06. The number of nitrogens with zero attached hydrogens (tertiary/aromatic N) is 3. The van der Waals surface area contributed by atoms with Crippen LogP contribution in [0.3, 0.4) is 0 Å². The number of halogens is 2. The lowest BCUT2D eigenvalue weighted by molar-refractivity contribution is 0.131. The molecule has 3 heterocycles. The summed E-state index contributed by atoms with van der Waals surface area (Å²) in [6, 6.07) is 15.3. The van der Waals surface area contributed by atoms with Crippen molar-refractivity contribution in [1.29, 1.82) is 0 Å². The molecule has 1 N–H and O–H groups in total. The first-order valence-electron chi connectivity index (χ1n) is 10.6. The molecular formula is C25H22Cl2N4O2. The molecule has 5 rings (SSSR count). The third-order valence-corrected chi connectivity index (χ3v) is 6.51. The average molecular weight is 481 g/mol. The van der Waals surface area contributed by atoms with Gasteiger partial charge in [-0.25, -0.2) is 0 Å². The summed E-state index contributed by atoms with van der Waals surface area (Å²) in [6.07, 6.45) is 0. The van der Waals surface area contributed by atoms with E-state index in [9.17, 15) is 4.79 Å². The van der Waals surface area contributed by atoms with Crippen molar-refractivity contribution in [2.45, 2.75) is 13.5 Å². The fourth-order valence-electron chi connectivity index (χ4n) is 4.35. The summed E-state index contributed by atoms with van der Waals surface area (Å²) in [6.45, 7) is 3.07. The molecule has 0 spiro atoms. The SMILES string of the molecule is CCOCc1cc(-c2ccc3c(c2)c2cc(-c4ccc(Cl)cc4Cl)c(=O)n(C)c2n3C)[nH]n1. The topological polar surface area (TPSA) is 64.8 Å². The maximum Gasteiger partial charge on any atom is 0.259 e. The first kappa shape index (κ1) is 21.8. The van der Waals surface area contributed by atoms with Gasteiger partial charge < -0.3 is 9.30 Å². The summed E-state index contributed by atoms with van der Waals surface area (Å²) in [5, 5.41) is 10.4. The normalized spacial score (nSPS) is 11.7. The Labute approximate surface area is 200 Å². The van der Waals surface area contributed by atoms with E-state index < -0.39 is 0 Å². The highest BCUT2D eigenvalue weighted by Crippen LogP contribution is 2.35. The number of hydrogen-bond acceptors (Lipinski definition) is 3. The number of hydrogen-bond donors (Lipinski definition) is 1. The van der Waals surface area contributed by atoms with Crippen molar-refractivity contribution >= 4 is 45.1 Å². The molecule has 0 amide bonds. The molecule has 0 aliphatic carbocycles. The van der Waals surface area contributed by atoms with Crippen LogP contribution < -0.4 is 5.56 Å². The van der Waals surface area contributed by atoms with Crippen LogP contribution in [0.2, 0.25) is 10.0 Å². The first-order valence-corrected chi connectivity index (χ1v) is 11.3. The molecule has 6 nitrogen and oxygen atoms in total. The van der Waals surface area contributed by atoms with E-state index >= 15 is 0 Å². The lowest BCUT2D eigenvalue weighted by Crippen LogP contribution is -2.20. The zero-order valence-corrected chi connectivity index (χ0v) is 20.0. The van der Waals surface area contributed by atoms with Crippen LogP contribution in [-0.4, -0.2) is 25.9 Å². The van der Waals surface area contributed by atoms with E-state index in [-0.39, 0.29) is 5.56 Å². The Balaban J connectivity index is 1.73. The van der Waals surface area contributed by atoms with Crippen molar-refractivity contribution in [2.24, 2.45) is 14.1 Å². The number of rotatable bonds is 5. The van der Waals surface area contributed by atoms with Crippen LogP contribution in [0.4, 0.5) is 0 Å². The number of pyridine rings is 1. The van der Waals surface area contributed by atoms with Gasteiger partial charge in [-0.3, -0.25) is 14.5 Å². The Morgan fingerprint density at radius 3 is 2.55 bits per heavy atom. The van der Waals surface area contributed by atoms with Crippen molar-refractivity contribution in [3.63, 3.8) is 0 Å². The molecule has 0 bridgehead atoms. The van der Waals surface area contributed by atoms with Crippen molar-refractivity contribution in [2.75, 3.05) is 6.61 Å². The predicted octanol–water partition coefficient (Wildman–Crippen LogP) is 5.93. The van der Waals surface area contributed by atoms with E-state index in [4.69, 9.17) is 27.9 Å². The Kier molecular flexibility index (Phi) is 5.52. The molecule has 168 valence electrons. The molecule has 0 saturated heterocycles. The van der Waals surface area contributed by atoms with Gasteiger partial charge in [-0.05, 0) is 43.3 Å². The predicted molar refractivity (Wildman–Crippen MR) is 134 cm³/mol. The van der Waals surface area contributed by atoms with E-state index in [2.05, 4.69) is 22.3 Å². The second kappa shape index (κ2) is 8.37. The number of aromatic nitrogens is 4. The summed E-state index contributed by atoms with van der Waals surface area (Å²) < 4.78 is 9.17. The quantitative estimate of drug-likeness (QED) is 0.339. The van der Waals surface area contributed by atoms with Crippen molar-refractivity contribution in [3.8, 4) is 22.4 Å². The van der Waals surface area contributed by atoms with Crippen LogP contribution in [0.1, 0.15) is 12.6 Å². The summed E-state index contributed by atoms with van der Waals surface area (Å²) >= 11 is 12.5. The Bertz CT molecular complexity index is 1580. The van der Waals surface area contributed by atoms with Crippen LogP contribution in [0.15, 0.2) is 53.3 Å². The Morgan fingerprint density at radius 2 is 1.79 bits per heavy atom. The third kappa shape index (κ3) is 3.64. The van der Waals surface area contributed by atoms with Gasteiger partial charge in [0.2, 0.25) is 0 Å². The minimum atomic E-state index is -0.119. The highest BCUT2D eigenvalue weighted by molar-refractivity contribution is 6.36. The highest BCUT2D eigenvalue weighted by atomic mass is 35.5. The lowest BCUT2D eigenvalue weighted by atomic mass is 10.0. The van der Waals surface area contributed by atoms with E-state index in [1.165, 1.54) is 0 Å². The lowest BCUT2D eigenvalue weighted by Gasteiger charge is -2.09. The fourth-order valence-corrected chi connectivity index (χ4v) is 4.86. The van der Waals surface area contributed by atoms with E-state index in [0.29, 0.717) is 34.4 Å². The molecule has 2 aromatic carbocycles. The second-order valence-electron chi connectivity index (χ2n) is 7.98. The second-order valence-corrected chi connectivity index (χ2v) is 8.83. The smallest absolute Gasteiger partial charge is 0.259 e.